The molecule has 2 N–H and O–H groups in total. The van der Waals surface area contributed by atoms with E-state index in [0.717, 1.165) is 5.56 Å². The highest BCUT2D eigenvalue weighted by Gasteiger charge is 2.12. The quantitative estimate of drug-likeness (QED) is 0.737. The number of hydrogen-bond donors (Lipinski definition) is 2. The smallest absolute Gasteiger partial charge is 0.234 e. The minimum absolute atomic E-state index is 0.0507. The molecule has 1 aromatic carbocycles. The van der Waals surface area contributed by atoms with Gasteiger partial charge in [-0.3, -0.25) is 14.5 Å². The van der Waals surface area contributed by atoms with Crippen molar-refractivity contribution in [3.63, 3.8) is 0 Å². The second-order valence-electron chi connectivity index (χ2n) is 4.52. The molecule has 0 unspecified atom stereocenters. The lowest BCUT2D eigenvalue weighted by atomic mass is 10.2. The summed E-state index contributed by atoms with van der Waals surface area (Å²) in [5, 5.41) is 5.59. The third kappa shape index (κ3) is 6.33. The van der Waals surface area contributed by atoms with Gasteiger partial charge in [0.1, 0.15) is 0 Å². The highest BCUT2D eigenvalue weighted by molar-refractivity contribution is 5.81. The van der Waals surface area contributed by atoms with Crippen LogP contribution in [0.15, 0.2) is 30.3 Å². The first-order valence-electron chi connectivity index (χ1n) is 6.95. The van der Waals surface area contributed by atoms with Crippen LogP contribution in [0.2, 0.25) is 0 Å². The van der Waals surface area contributed by atoms with E-state index >= 15 is 0 Å². The fraction of sp³-hybridized carbons (Fsp3) is 0.467. The summed E-state index contributed by atoms with van der Waals surface area (Å²) in [6.07, 6.45) is 0. The molecule has 0 atom stereocenters. The summed E-state index contributed by atoms with van der Waals surface area (Å²) in [4.78, 5) is 25.1. The standard InChI is InChI=1S/C15H23N3O2/c1-3-16-14(19)11-18(4-2)12-15(20)17-10-13-8-6-5-7-9-13/h5-9H,3-4,10-12H2,1-2H3,(H,16,19)(H,17,20). The maximum absolute atomic E-state index is 11.8. The number of carbonyl (C=O) groups is 2. The van der Waals surface area contributed by atoms with Crippen molar-refractivity contribution < 1.29 is 9.59 Å². The Labute approximate surface area is 120 Å². The van der Waals surface area contributed by atoms with Gasteiger partial charge in [0.2, 0.25) is 11.8 Å². The van der Waals surface area contributed by atoms with E-state index in [9.17, 15) is 9.59 Å². The van der Waals surface area contributed by atoms with E-state index in [1.165, 1.54) is 0 Å². The van der Waals surface area contributed by atoms with Gasteiger partial charge >= 0.3 is 0 Å². The molecule has 1 rings (SSSR count). The van der Waals surface area contributed by atoms with Gasteiger partial charge in [-0.2, -0.15) is 0 Å². The van der Waals surface area contributed by atoms with Crippen molar-refractivity contribution in [2.75, 3.05) is 26.2 Å². The zero-order chi connectivity index (χ0) is 14.8. The summed E-state index contributed by atoms with van der Waals surface area (Å²) < 4.78 is 0. The SMILES string of the molecule is CCNC(=O)CN(CC)CC(=O)NCc1ccccc1. The van der Waals surface area contributed by atoms with E-state index in [0.29, 0.717) is 19.6 Å². The van der Waals surface area contributed by atoms with Gasteiger partial charge in [0.25, 0.3) is 0 Å². The number of nitrogens with one attached hydrogen (secondary N) is 2. The molecule has 5 heteroatoms. The molecule has 20 heavy (non-hydrogen) atoms. The maximum atomic E-state index is 11.8. The first kappa shape index (κ1) is 16.2. The predicted molar refractivity (Wildman–Crippen MR) is 79.1 cm³/mol. The van der Waals surface area contributed by atoms with Gasteiger partial charge in [-0.05, 0) is 19.0 Å². The van der Waals surface area contributed by atoms with Crippen molar-refractivity contribution in [3.05, 3.63) is 35.9 Å². The van der Waals surface area contributed by atoms with Crippen molar-refractivity contribution in [1.82, 2.24) is 15.5 Å². The highest BCUT2D eigenvalue weighted by atomic mass is 16.2. The van der Waals surface area contributed by atoms with E-state index < -0.39 is 0 Å². The van der Waals surface area contributed by atoms with Gasteiger partial charge in [0, 0.05) is 13.1 Å². The maximum Gasteiger partial charge on any atom is 0.234 e. The third-order valence-electron chi connectivity index (χ3n) is 2.89. The van der Waals surface area contributed by atoms with Crippen LogP contribution in [-0.2, 0) is 16.1 Å². The largest absolute Gasteiger partial charge is 0.355 e. The first-order valence-corrected chi connectivity index (χ1v) is 6.95. The molecule has 0 saturated heterocycles. The number of carbonyl (C=O) groups excluding carboxylic acids is 2. The minimum Gasteiger partial charge on any atom is -0.355 e. The number of rotatable bonds is 8. The fourth-order valence-electron chi connectivity index (χ4n) is 1.79. The van der Waals surface area contributed by atoms with Gasteiger partial charge in [-0.15, -0.1) is 0 Å². The molecule has 1 aromatic rings. The molecule has 0 aliphatic carbocycles. The summed E-state index contributed by atoms with van der Waals surface area (Å²) in [7, 11) is 0. The molecular weight excluding hydrogens is 254 g/mol. The van der Waals surface area contributed by atoms with E-state index in [2.05, 4.69) is 10.6 Å². The highest BCUT2D eigenvalue weighted by Crippen LogP contribution is 1.97. The van der Waals surface area contributed by atoms with Gasteiger partial charge in [0.05, 0.1) is 13.1 Å². The van der Waals surface area contributed by atoms with Crippen LogP contribution >= 0.6 is 0 Å². The lowest BCUT2D eigenvalue weighted by Gasteiger charge is -2.19. The molecule has 0 bridgehead atoms. The molecule has 0 aliphatic rings. The number of nitrogens with zero attached hydrogens (tertiary/aromatic N) is 1. The van der Waals surface area contributed by atoms with Crippen molar-refractivity contribution in [2.24, 2.45) is 0 Å². The van der Waals surface area contributed by atoms with Crippen LogP contribution in [0.1, 0.15) is 19.4 Å². The average Bonchev–Trinajstić information content (AvgIpc) is 2.45. The molecule has 0 heterocycles. The molecule has 0 aliphatic heterocycles. The van der Waals surface area contributed by atoms with Crippen LogP contribution < -0.4 is 10.6 Å². The predicted octanol–water partition coefficient (Wildman–Crippen LogP) is 0.761. The second-order valence-corrected chi connectivity index (χ2v) is 4.52. The third-order valence-corrected chi connectivity index (χ3v) is 2.89. The van der Waals surface area contributed by atoms with Crippen LogP contribution in [-0.4, -0.2) is 42.9 Å². The number of benzene rings is 1. The monoisotopic (exact) mass is 277 g/mol. The lowest BCUT2D eigenvalue weighted by molar-refractivity contribution is -0.125. The minimum atomic E-state index is -0.0694. The summed E-state index contributed by atoms with van der Waals surface area (Å²) in [5.74, 6) is -0.120. The van der Waals surface area contributed by atoms with Crippen LogP contribution in [0.25, 0.3) is 0 Å². The normalized spacial score (nSPS) is 10.3. The van der Waals surface area contributed by atoms with E-state index in [1.54, 1.807) is 0 Å². The summed E-state index contributed by atoms with van der Waals surface area (Å²) in [6.45, 7) is 6.08. The topological polar surface area (TPSA) is 61.4 Å². The molecule has 0 spiro atoms. The molecule has 5 nitrogen and oxygen atoms in total. The van der Waals surface area contributed by atoms with Crippen LogP contribution in [0.4, 0.5) is 0 Å². The molecule has 0 aromatic heterocycles. The Morgan fingerprint density at radius 2 is 1.60 bits per heavy atom. The van der Waals surface area contributed by atoms with Crippen LogP contribution in [0.3, 0.4) is 0 Å². The van der Waals surface area contributed by atoms with E-state index in [1.807, 2.05) is 49.1 Å². The zero-order valence-electron chi connectivity index (χ0n) is 12.2. The van der Waals surface area contributed by atoms with Crippen molar-refractivity contribution >= 4 is 11.8 Å². The summed E-state index contributed by atoms with van der Waals surface area (Å²) >= 11 is 0. The molecule has 0 fully saturated rings. The Morgan fingerprint density at radius 3 is 2.15 bits per heavy atom. The molecule has 0 saturated carbocycles. The molecule has 2 amide bonds. The Morgan fingerprint density at radius 1 is 1.00 bits per heavy atom. The van der Waals surface area contributed by atoms with Crippen molar-refractivity contribution in [3.8, 4) is 0 Å². The number of hydrogen-bond acceptors (Lipinski definition) is 3. The first-order chi connectivity index (χ1) is 9.65. The number of likely N-dealkylation sites (N-methyl/N-ethyl adjacent to an activating group) is 2. The summed E-state index contributed by atoms with van der Waals surface area (Å²) in [5.41, 5.74) is 1.06. The lowest BCUT2D eigenvalue weighted by Crippen LogP contribution is -2.42. The molecule has 0 radical (unpaired) electrons. The second kappa shape index (κ2) is 9.09. The fourth-order valence-corrected chi connectivity index (χ4v) is 1.79. The van der Waals surface area contributed by atoms with Gasteiger partial charge in [0.15, 0.2) is 0 Å². The molecular formula is C15H23N3O2. The Kier molecular flexibility index (Phi) is 7.35. The van der Waals surface area contributed by atoms with Gasteiger partial charge in [-0.1, -0.05) is 37.3 Å². The Hall–Kier alpha value is -1.88. The van der Waals surface area contributed by atoms with Gasteiger partial charge in [-0.25, -0.2) is 0 Å². The van der Waals surface area contributed by atoms with Crippen LogP contribution in [0.5, 0.6) is 0 Å². The Bertz CT molecular complexity index is 420. The average molecular weight is 277 g/mol. The zero-order valence-corrected chi connectivity index (χ0v) is 12.2. The Balaban J connectivity index is 2.34. The van der Waals surface area contributed by atoms with Crippen molar-refractivity contribution in [2.45, 2.75) is 20.4 Å². The van der Waals surface area contributed by atoms with Crippen molar-refractivity contribution in [1.29, 1.82) is 0 Å². The molecule has 110 valence electrons. The summed E-state index contributed by atoms with van der Waals surface area (Å²) in [6, 6.07) is 9.75. The number of amides is 2. The van der Waals surface area contributed by atoms with Crippen LogP contribution in [0, 0.1) is 0 Å². The van der Waals surface area contributed by atoms with E-state index in [-0.39, 0.29) is 24.9 Å². The van der Waals surface area contributed by atoms with Gasteiger partial charge < -0.3 is 10.6 Å². The van der Waals surface area contributed by atoms with E-state index in [4.69, 9.17) is 0 Å².